The minimum Gasteiger partial charge on any atom is -0.493 e. The number of ether oxygens (including phenoxy) is 1. The highest BCUT2D eigenvalue weighted by Crippen LogP contribution is 2.26. The lowest BCUT2D eigenvalue weighted by atomic mass is 10.1. The Morgan fingerprint density at radius 3 is 3.06 bits per heavy atom. The van der Waals surface area contributed by atoms with Gasteiger partial charge in [-0.05, 0) is 36.6 Å². The molecule has 2 aliphatic rings. The van der Waals surface area contributed by atoms with Crippen LogP contribution in [0.15, 0.2) is 18.2 Å². The van der Waals surface area contributed by atoms with Crippen molar-refractivity contribution in [3.8, 4) is 5.75 Å². The van der Waals surface area contributed by atoms with Crippen molar-refractivity contribution in [2.75, 3.05) is 26.2 Å². The topological polar surface area (TPSA) is 38.5 Å². The van der Waals surface area contributed by atoms with Crippen molar-refractivity contribution in [2.45, 2.75) is 25.3 Å². The van der Waals surface area contributed by atoms with Gasteiger partial charge in [-0.25, -0.2) is 0 Å². The van der Waals surface area contributed by atoms with Gasteiger partial charge in [-0.2, -0.15) is 0 Å². The van der Waals surface area contributed by atoms with Gasteiger partial charge in [0.1, 0.15) is 5.75 Å². The Hall–Kier alpha value is -0.770. The fourth-order valence-corrected chi connectivity index (χ4v) is 2.75. The first-order valence-corrected chi connectivity index (χ1v) is 6.54. The first-order chi connectivity index (χ1) is 8.31. The number of hydrogen-bond acceptors (Lipinski definition) is 3. The minimum atomic E-state index is 0. The fourth-order valence-electron chi connectivity index (χ4n) is 2.75. The SMILES string of the molecule is Cl.NC1CCN(CCc2ccc3c(c2)CCO3)C1. The number of benzene rings is 1. The van der Waals surface area contributed by atoms with Crippen LogP contribution < -0.4 is 10.5 Å². The summed E-state index contributed by atoms with van der Waals surface area (Å²) in [6.07, 6.45) is 3.34. The van der Waals surface area contributed by atoms with Crippen molar-refractivity contribution in [3.63, 3.8) is 0 Å². The Balaban J connectivity index is 0.00000120. The molecule has 2 aliphatic heterocycles. The monoisotopic (exact) mass is 268 g/mol. The van der Waals surface area contributed by atoms with Gasteiger partial charge >= 0.3 is 0 Å². The third kappa shape index (κ3) is 2.97. The summed E-state index contributed by atoms with van der Waals surface area (Å²) in [6.45, 7) is 4.20. The molecule has 100 valence electrons. The lowest BCUT2D eigenvalue weighted by Gasteiger charge is -2.15. The molecule has 0 amide bonds. The molecule has 2 N–H and O–H groups in total. The Morgan fingerprint density at radius 1 is 1.39 bits per heavy atom. The van der Waals surface area contributed by atoms with E-state index in [9.17, 15) is 0 Å². The van der Waals surface area contributed by atoms with Gasteiger partial charge in [-0.3, -0.25) is 0 Å². The summed E-state index contributed by atoms with van der Waals surface area (Å²) in [5.41, 5.74) is 8.71. The molecular weight excluding hydrogens is 248 g/mol. The molecule has 0 radical (unpaired) electrons. The molecule has 1 unspecified atom stereocenters. The minimum absolute atomic E-state index is 0. The maximum atomic E-state index is 5.91. The maximum Gasteiger partial charge on any atom is 0.122 e. The zero-order valence-corrected chi connectivity index (χ0v) is 11.4. The van der Waals surface area contributed by atoms with E-state index in [-0.39, 0.29) is 12.4 Å². The lowest BCUT2D eigenvalue weighted by molar-refractivity contribution is 0.339. The van der Waals surface area contributed by atoms with Crippen molar-refractivity contribution in [1.82, 2.24) is 4.90 Å². The van der Waals surface area contributed by atoms with Crippen LogP contribution in [0.2, 0.25) is 0 Å². The standard InChI is InChI=1S/C14H20N2O.ClH/c15-13-4-7-16(10-13)6-3-11-1-2-14-12(9-11)5-8-17-14;/h1-2,9,13H,3-8,10,15H2;1H. The third-order valence-corrected chi connectivity index (χ3v) is 3.78. The van der Waals surface area contributed by atoms with Crippen LogP contribution in [0.4, 0.5) is 0 Å². The number of likely N-dealkylation sites (tertiary alicyclic amines) is 1. The largest absolute Gasteiger partial charge is 0.493 e. The summed E-state index contributed by atoms with van der Waals surface area (Å²) < 4.78 is 5.52. The first kappa shape index (κ1) is 13.7. The Labute approximate surface area is 115 Å². The van der Waals surface area contributed by atoms with Gasteiger partial charge in [-0.15, -0.1) is 12.4 Å². The number of halogens is 1. The van der Waals surface area contributed by atoms with Gasteiger partial charge in [0.25, 0.3) is 0 Å². The van der Waals surface area contributed by atoms with Crippen LogP contribution >= 0.6 is 12.4 Å². The van der Waals surface area contributed by atoms with Crippen LogP contribution in [0.1, 0.15) is 17.5 Å². The molecule has 2 heterocycles. The average Bonchev–Trinajstić information content (AvgIpc) is 2.94. The van der Waals surface area contributed by atoms with Crippen LogP contribution in [-0.2, 0) is 12.8 Å². The number of fused-ring (bicyclic) bond motifs is 1. The average molecular weight is 269 g/mol. The molecule has 3 nitrogen and oxygen atoms in total. The van der Waals surface area contributed by atoms with Crippen LogP contribution in [0, 0.1) is 0 Å². The highest BCUT2D eigenvalue weighted by atomic mass is 35.5. The molecule has 1 aromatic rings. The van der Waals surface area contributed by atoms with E-state index >= 15 is 0 Å². The van der Waals surface area contributed by atoms with E-state index in [1.54, 1.807) is 0 Å². The van der Waals surface area contributed by atoms with Crippen molar-refractivity contribution in [1.29, 1.82) is 0 Å². The third-order valence-electron chi connectivity index (χ3n) is 3.78. The molecular formula is C14H21ClN2O. The van der Waals surface area contributed by atoms with Crippen molar-refractivity contribution < 1.29 is 4.74 Å². The van der Waals surface area contributed by atoms with Gasteiger partial charge < -0.3 is 15.4 Å². The summed E-state index contributed by atoms with van der Waals surface area (Å²) in [4.78, 5) is 2.47. The van der Waals surface area contributed by atoms with E-state index in [2.05, 4.69) is 23.1 Å². The molecule has 1 saturated heterocycles. The van der Waals surface area contributed by atoms with Gasteiger partial charge in [0.05, 0.1) is 6.61 Å². The molecule has 18 heavy (non-hydrogen) atoms. The predicted molar refractivity (Wildman–Crippen MR) is 75.6 cm³/mol. The Morgan fingerprint density at radius 2 is 2.28 bits per heavy atom. The molecule has 3 rings (SSSR count). The van der Waals surface area contributed by atoms with Crippen LogP contribution in [0.25, 0.3) is 0 Å². The molecule has 0 saturated carbocycles. The first-order valence-electron chi connectivity index (χ1n) is 6.54. The van der Waals surface area contributed by atoms with Crippen molar-refractivity contribution in [2.24, 2.45) is 5.73 Å². The van der Waals surface area contributed by atoms with Crippen molar-refractivity contribution >= 4 is 12.4 Å². The second-order valence-electron chi connectivity index (χ2n) is 5.14. The number of hydrogen-bond donors (Lipinski definition) is 1. The summed E-state index contributed by atoms with van der Waals surface area (Å²) in [7, 11) is 0. The smallest absolute Gasteiger partial charge is 0.122 e. The zero-order valence-electron chi connectivity index (χ0n) is 10.6. The second-order valence-corrected chi connectivity index (χ2v) is 5.14. The van der Waals surface area contributed by atoms with E-state index in [1.165, 1.54) is 11.1 Å². The zero-order chi connectivity index (χ0) is 11.7. The van der Waals surface area contributed by atoms with E-state index in [0.29, 0.717) is 6.04 Å². The van der Waals surface area contributed by atoms with Gasteiger partial charge in [0.15, 0.2) is 0 Å². The van der Waals surface area contributed by atoms with Gasteiger partial charge in [0, 0.05) is 25.6 Å². The Bertz CT molecular complexity index is 411. The van der Waals surface area contributed by atoms with Crippen LogP contribution in [-0.4, -0.2) is 37.2 Å². The highest BCUT2D eigenvalue weighted by molar-refractivity contribution is 5.85. The summed E-state index contributed by atoms with van der Waals surface area (Å²) in [6, 6.07) is 7.01. The number of nitrogens with two attached hydrogens (primary N) is 1. The van der Waals surface area contributed by atoms with Crippen LogP contribution in [0.5, 0.6) is 5.75 Å². The molecule has 4 heteroatoms. The molecule has 1 fully saturated rings. The number of rotatable bonds is 3. The molecule has 1 atom stereocenters. The van der Waals surface area contributed by atoms with Crippen molar-refractivity contribution in [3.05, 3.63) is 29.3 Å². The number of nitrogens with zero attached hydrogens (tertiary/aromatic N) is 1. The Kier molecular flexibility index (Phi) is 4.49. The van der Waals surface area contributed by atoms with E-state index in [4.69, 9.17) is 10.5 Å². The normalized spacial score (nSPS) is 22.4. The molecule has 0 aliphatic carbocycles. The van der Waals surface area contributed by atoms with E-state index in [1.807, 2.05) is 0 Å². The van der Waals surface area contributed by atoms with Crippen LogP contribution in [0.3, 0.4) is 0 Å². The summed E-state index contributed by atoms with van der Waals surface area (Å²) in [5.74, 6) is 1.08. The lowest BCUT2D eigenvalue weighted by Crippen LogP contribution is -2.28. The molecule has 0 spiro atoms. The highest BCUT2D eigenvalue weighted by Gasteiger charge is 2.18. The maximum absolute atomic E-state index is 5.91. The molecule has 0 bridgehead atoms. The molecule has 0 aromatic heterocycles. The summed E-state index contributed by atoms with van der Waals surface area (Å²) >= 11 is 0. The second kappa shape index (κ2) is 5.91. The molecule has 1 aromatic carbocycles. The van der Waals surface area contributed by atoms with Gasteiger partial charge in [0.2, 0.25) is 0 Å². The van der Waals surface area contributed by atoms with Gasteiger partial charge in [-0.1, -0.05) is 12.1 Å². The fraction of sp³-hybridized carbons (Fsp3) is 0.571. The quantitative estimate of drug-likeness (QED) is 0.905. The van der Waals surface area contributed by atoms with E-state index < -0.39 is 0 Å². The summed E-state index contributed by atoms with van der Waals surface area (Å²) in [5, 5.41) is 0. The van der Waals surface area contributed by atoms with E-state index in [0.717, 1.165) is 51.3 Å². The predicted octanol–water partition coefficient (Wildman–Crippen LogP) is 1.62.